The van der Waals surface area contributed by atoms with Gasteiger partial charge in [-0.15, -0.1) is 0 Å². The Kier molecular flexibility index (Phi) is 2.61. The molecule has 0 saturated heterocycles. The second-order valence-electron chi connectivity index (χ2n) is 3.28. The maximum atomic E-state index is 12.7. The number of benzene rings is 1. The van der Waals surface area contributed by atoms with Crippen LogP contribution in [0.2, 0.25) is 0 Å². The van der Waals surface area contributed by atoms with Crippen molar-refractivity contribution in [2.75, 3.05) is 0 Å². The molecule has 0 aliphatic heterocycles. The molecular formula is C10H6BrF3N2. The zero-order valence-electron chi connectivity index (χ0n) is 8.14. The van der Waals surface area contributed by atoms with E-state index in [0.29, 0.717) is 4.47 Å². The molecule has 84 valence electrons. The van der Waals surface area contributed by atoms with Crippen LogP contribution in [0.4, 0.5) is 13.2 Å². The summed E-state index contributed by atoms with van der Waals surface area (Å²) in [5, 5.41) is 0.0151. The molecule has 6 heteroatoms. The summed E-state index contributed by atoms with van der Waals surface area (Å²) < 4.78 is 38.8. The van der Waals surface area contributed by atoms with E-state index in [1.165, 1.54) is 19.1 Å². The average Bonchev–Trinajstić information content (AvgIpc) is 2.14. The minimum atomic E-state index is -4.46. The maximum absolute atomic E-state index is 12.7. The van der Waals surface area contributed by atoms with Gasteiger partial charge in [0.05, 0.1) is 5.52 Å². The van der Waals surface area contributed by atoms with Gasteiger partial charge in [0.1, 0.15) is 5.82 Å². The van der Waals surface area contributed by atoms with Gasteiger partial charge in [-0.05, 0) is 25.1 Å². The first-order valence-electron chi connectivity index (χ1n) is 4.39. The topological polar surface area (TPSA) is 25.8 Å². The number of hydrogen-bond acceptors (Lipinski definition) is 2. The van der Waals surface area contributed by atoms with Crippen molar-refractivity contribution in [3.05, 3.63) is 34.2 Å². The van der Waals surface area contributed by atoms with E-state index >= 15 is 0 Å². The molecule has 0 spiro atoms. The van der Waals surface area contributed by atoms with E-state index in [1.54, 1.807) is 6.07 Å². The molecule has 0 atom stereocenters. The monoisotopic (exact) mass is 290 g/mol. The quantitative estimate of drug-likeness (QED) is 0.739. The fourth-order valence-corrected chi connectivity index (χ4v) is 1.78. The summed E-state index contributed by atoms with van der Waals surface area (Å²) in [7, 11) is 0. The first-order valence-corrected chi connectivity index (χ1v) is 5.18. The van der Waals surface area contributed by atoms with Crippen LogP contribution in [0.25, 0.3) is 10.9 Å². The van der Waals surface area contributed by atoms with Crippen molar-refractivity contribution in [3.63, 3.8) is 0 Å². The summed E-state index contributed by atoms with van der Waals surface area (Å²) in [5.74, 6) is 0.109. The molecule has 0 amide bonds. The van der Waals surface area contributed by atoms with Crippen LogP contribution in [-0.2, 0) is 6.18 Å². The summed E-state index contributed by atoms with van der Waals surface area (Å²) in [6.07, 6.45) is -4.46. The Morgan fingerprint density at radius 1 is 1.19 bits per heavy atom. The van der Waals surface area contributed by atoms with E-state index in [1.807, 2.05) is 0 Å². The zero-order chi connectivity index (χ0) is 11.9. The molecule has 0 fully saturated rings. The Labute approximate surface area is 97.6 Å². The fraction of sp³-hybridized carbons (Fsp3) is 0.200. The molecule has 1 heterocycles. The second kappa shape index (κ2) is 3.69. The third kappa shape index (κ3) is 2.02. The molecule has 1 aromatic carbocycles. The largest absolute Gasteiger partial charge is 0.434 e. The molecule has 0 aliphatic rings. The van der Waals surface area contributed by atoms with Crippen LogP contribution < -0.4 is 0 Å². The Morgan fingerprint density at radius 2 is 1.88 bits per heavy atom. The SMILES string of the molecule is Cc1nc(C(F)(F)F)c2ccc(Br)cc2n1. The summed E-state index contributed by atoms with van der Waals surface area (Å²) in [6.45, 7) is 1.44. The van der Waals surface area contributed by atoms with Gasteiger partial charge in [-0.25, -0.2) is 9.97 Å². The van der Waals surface area contributed by atoms with Gasteiger partial charge in [-0.2, -0.15) is 13.2 Å². The lowest BCUT2D eigenvalue weighted by Crippen LogP contribution is -2.10. The van der Waals surface area contributed by atoms with Gasteiger partial charge in [0, 0.05) is 9.86 Å². The van der Waals surface area contributed by atoms with Crippen molar-refractivity contribution in [1.82, 2.24) is 9.97 Å². The van der Waals surface area contributed by atoms with Crippen LogP contribution in [-0.4, -0.2) is 9.97 Å². The number of rotatable bonds is 0. The highest BCUT2D eigenvalue weighted by atomic mass is 79.9. The van der Waals surface area contributed by atoms with E-state index in [4.69, 9.17) is 0 Å². The normalized spacial score (nSPS) is 12.1. The van der Waals surface area contributed by atoms with Crippen LogP contribution in [0.5, 0.6) is 0 Å². The highest BCUT2D eigenvalue weighted by molar-refractivity contribution is 9.10. The molecule has 16 heavy (non-hydrogen) atoms. The van der Waals surface area contributed by atoms with Crippen molar-refractivity contribution < 1.29 is 13.2 Å². The van der Waals surface area contributed by atoms with Crippen LogP contribution in [0.3, 0.4) is 0 Å². The molecule has 2 aromatic rings. The first-order chi connectivity index (χ1) is 7.38. The van der Waals surface area contributed by atoms with E-state index in [-0.39, 0.29) is 16.7 Å². The van der Waals surface area contributed by atoms with E-state index < -0.39 is 11.9 Å². The molecule has 0 radical (unpaired) electrons. The predicted molar refractivity (Wildman–Crippen MR) is 57.0 cm³/mol. The average molecular weight is 291 g/mol. The number of halogens is 4. The van der Waals surface area contributed by atoms with Crippen LogP contribution in [0.15, 0.2) is 22.7 Å². The number of hydrogen-bond donors (Lipinski definition) is 0. The van der Waals surface area contributed by atoms with Gasteiger partial charge in [-0.1, -0.05) is 15.9 Å². The predicted octanol–water partition coefficient (Wildman–Crippen LogP) is 3.72. The summed E-state index contributed by atoms with van der Waals surface area (Å²) in [6, 6.07) is 4.44. The van der Waals surface area contributed by atoms with Crippen LogP contribution in [0, 0.1) is 6.92 Å². The molecule has 0 saturated carbocycles. The van der Waals surface area contributed by atoms with E-state index in [9.17, 15) is 13.2 Å². The molecule has 2 nitrogen and oxygen atoms in total. The highest BCUT2D eigenvalue weighted by Crippen LogP contribution is 2.33. The minimum Gasteiger partial charge on any atom is -0.233 e. The van der Waals surface area contributed by atoms with Crippen molar-refractivity contribution in [3.8, 4) is 0 Å². The lowest BCUT2D eigenvalue weighted by molar-refractivity contribution is -0.139. The summed E-state index contributed by atoms with van der Waals surface area (Å²) in [4.78, 5) is 7.42. The van der Waals surface area contributed by atoms with Gasteiger partial charge in [0.25, 0.3) is 0 Å². The maximum Gasteiger partial charge on any atom is 0.434 e. The Bertz CT molecular complexity index is 546. The zero-order valence-corrected chi connectivity index (χ0v) is 9.72. The molecule has 2 rings (SSSR count). The minimum absolute atomic E-state index is 0.0151. The molecule has 0 bridgehead atoms. The number of aromatic nitrogens is 2. The molecule has 0 N–H and O–H groups in total. The highest BCUT2D eigenvalue weighted by Gasteiger charge is 2.35. The third-order valence-electron chi connectivity index (χ3n) is 2.04. The molecule has 0 aliphatic carbocycles. The lowest BCUT2D eigenvalue weighted by Gasteiger charge is -2.09. The van der Waals surface area contributed by atoms with Crippen molar-refractivity contribution in [1.29, 1.82) is 0 Å². The first kappa shape index (κ1) is 11.3. The van der Waals surface area contributed by atoms with Gasteiger partial charge in [-0.3, -0.25) is 0 Å². The van der Waals surface area contributed by atoms with E-state index in [2.05, 4.69) is 25.9 Å². The Morgan fingerprint density at radius 3 is 2.50 bits per heavy atom. The Balaban J connectivity index is 2.83. The van der Waals surface area contributed by atoms with Crippen molar-refractivity contribution in [2.24, 2.45) is 0 Å². The molecule has 0 unspecified atom stereocenters. The third-order valence-corrected chi connectivity index (χ3v) is 2.53. The smallest absolute Gasteiger partial charge is 0.233 e. The Hall–Kier alpha value is -1.17. The van der Waals surface area contributed by atoms with E-state index in [0.717, 1.165) is 0 Å². The standard InChI is InChI=1S/C10H6BrF3N2/c1-5-15-8-4-6(11)2-3-7(8)9(16-5)10(12,13)14/h2-4H,1H3. The molecular weight excluding hydrogens is 285 g/mol. The van der Waals surface area contributed by atoms with Crippen LogP contribution in [0.1, 0.15) is 11.5 Å². The van der Waals surface area contributed by atoms with Crippen molar-refractivity contribution in [2.45, 2.75) is 13.1 Å². The lowest BCUT2D eigenvalue weighted by atomic mass is 10.2. The summed E-state index contributed by atoms with van der Waals surface area (Å²) >= 11 is 3.19. The van der Waals surface area contributed by atoms with Gasteiger partial charge in [0.15, 0.2) is 5.69 Å². The number of alkyl halides is 3. The second-order valence-corrected chi connectivity index (χ2v) is 4.19. The van der Waals surface area contributed by atoms with Crippen molar-refractivity contribution >= 4 is 26.8 Å². The van der Waals surface area contributed by atoms with Crippen LogP contribution >= 0.6 is 15.9 Å². The molecule has 1 aromatic heterocycles. The number of nitrogens with zero attached hydrogens (tertiary/aromatic N) is 2. The summed E-state index contributed by atoms with van der Waals surface area (Å²) in [5.41, 5.74) is -0.600. The van der Waals surface area contributed by atoms with Gasteiger partial charge in [0.2, 0.25) is 0 Å². The van der Waals surface area contributed by atoms with Gasteiger partial charge < -0.3 is 0 Å². The fourth-order valence-electron chi connectivity index (χ4n) is 1.43. The number of fused-ring (bicyclic) bond motifs is 1. The van der Waals surface area contributed by atoms with Gasteiger partial charge >= 0.3 is 6.18 Å². The number of aryl methyl sites for hydroxylation is 1.